The number of morpholine rings is 2. The van der Waals surface area contributed by atoms with E-state index in [4.69, 9.17) is 55.7 Å². The van der Waals surface area contributed by atoms with Gasteiger partial charge in [0.15, 0.2) is 11.8 Å². The summed E-state index contributed by atoms with van der Waals surface area (Å²) in [6.07, 6.45) is 2.87. The highest BCUT2D eigenvalue weighted by Crippen LogP contribution is 2.33. The lowest BCUT2D eigenvalue weighted by Crippen LogP contribution is -2.40. The van der Waals surface area contributed by atoms with Crippen molar-refractivity contribution in [1.29, 1.82) is 0 Å². The molecule has 0 bridgehead atoms. The third kappa shape index (κ3) is 7.26. The summed E-state index contributed by atoms with van der Waals surface area (Å²) in [7, 11) is -7.20. The van der Waals surface area contributed by atoms with Gasteiger partial charge in [-0.25, -0.2) is 26.8 Å². The largest absolute Gasteiger partial charge is 0.379 e. The molecule has 45 heavy (non-hydrogen) atoms. The molecule has 0 unspecified atom stereocenters. The lowest BCUT2D eigenvalue weighted by molar-refractivity contribution is 0.0730. The van der Waals surface area contributed by atoms with Gasteiger partial charge in [0, 0.05) is 60.1 Å². The van der Waals surface area contributed by atoms with Crippen LogP contribution in [0.3, 0.4) is 0 Å². The molecule has 0 radical (unpaired) electrons. The fraction of sp³-hybridized carbons (Fsp3) is 0.296. The van der Waals surface area contributed by atoms with Gasteiger partial charge in [0.1, 0.15) is 5.15 Å². The molecule has 0 saturated carbocycles. The number of guanidine groups is 1. The van der Waals surface area contributed by atoms with Crippen LogP contribution in [-0.2, 0) is 29.5 Å². The van der Waals surface area contributed by atoms with Crippen LogP contribution in [0.25, 0.3) is 21.5 Å². The second-order valence-corrected chi connectivity index (χ2v) is 14.9. The van der Waals surface area contributed by atoms with Crippen LogP contribution < -0.4 is 11.5 Å². The number of aliphatic imine (C=N–C) groups is 1. The molecule has 0 spiro atoms. The van der Waals surface area contributed by atoms with Gasteiger partial charge in [0.05, 0.1) is 46.3 Å². The van der Waals surface area contributed by atoms with Gasteiger partial charge in [-0.2, -0.15) is 13.6 Å². The molecule has 18 heteroatoms. The monoisotopic (exact) mass is 715 g/mol. The second kappa shape index (κ2) is 13.9. The Balaban J connectivity index is 0.000000179. The van der Waals surface area contributed by atoms with Gasteiger partial charge in [-0.05, 0) is 24.3 Å². The molecule has 2 aliphatic rings. The maximum absolute atomic E-state index is 12.8. The minimum atomic E-state index is -3.64. The summed E-state index contributed by atoms with van der Waals surface area (Å²) in [5.74, 6) is 0.0426. The molecule has 4 aromatic rings. The molecule has 6 rings (SSSR count). The van der Waals surface area contributed by atoms with Gasteiger partial charge >= 0.3 is 0 Å². The van der Waals surface area contributed by atoms with Gasteiger partial charge in [0.25, 0.3) is 0 Å². The molecule has 2 fully saturated rings. The summed E-state index contributed by atoms with van der Waals surface area (Å²) in [5.41, 5.74) is 10.8. The van der Waals surface area contributed by atoms with Gasteiger partial charge < -0.3 is 20.9 Å². The molecule has 0 atom stereocenters. The standard InChI is InChI=1S/C14H16ClN5O3S.C13H12Cl2N2O3S/c15-12-8-18-13(19-14(16)17)11-7-9(1-2-10(11)12)24(21,22)20-3-5-23-6-4-20;14-12-8-16-13(15)11-7-9(1-2-10(11)12)21(18,19)17-3-5-20-6-4-17/h1-2,7-8H,3-6H2,(H4,16,17,18,19);1-2,7-8H,3-6H2. The maximum Gasteiger partial charge on any atom is 0.243 e. The lowest BCUT2D eigenvalue weighted by Gasteiger charge is -2.26. The summed E-state index contributed by atoms with van der Waals surface area (Å²) < 4.78 is 63.9. The van der Waals surface area contributed by atoms with Crippen molar-refractivity contribution in [2.45, 2.75) is 9.79 Å². The number of aromatic nitrogens is 2. The molecule has 13 nitrogen and oxygen atoms in total. The van der Waals surface area contributed by atoms with Crippen molar-refractivity contribution in [3.05, 3.63) is 64.0 Å². The average Bonchev–Trinajstić information content (AvgIpc) is 3.05. The van der Waals surface area contributed by atoms with E-state index < -0.39 is 20.0 Å². The van der Waals surface area contributed by atoms with Gasteiger partial charge in [-0.15, -0.1) is 0 Å². The third-order valence-electron chi connectivity index (χ3n) is 7.00. The van der Waals surface area contributed by atoms with Crippen molar-refractivity contribution in [2.24, 2.45) is 16.5 Å². The summed E-state index contributed by atoms with van der Waals surface area (Å²) in [6, 6.07) is 9.33. The topological polar surface area (TPSA) is 183 Å². The Labute approximate surface area is 274 Å². The van der Waals surface area contributed by atoms with Crippen LogP contribution in [0.15, 0.2) is 63.6 Å². The highest BCUT2D eigenvalue weighted by molar-refractivity contribution is 7.89. The Kier molecular flexibility index (Phi) is 10.3. The molecular weight excluding hydrogens is 689 g/mol. The van der Waals surface area contributed by atoms with Gasteiger partial charge in [-0.1, -0.05) is 46.9 Å². The van der Waals surface area contributed by atoms with E-state index in [1.165, 1.54) is 45.3 Å². The number of ether oxygens (including phenoxy) is 2. The Hall–Kier alpha value is -2.86. The number of rotatable bonds is 5. The summed E-state index contributed by atoms with van der Waals surface area (Å²) >= 11 is 18.2. The first-order valence-corrected chi connectivity index (χ1v) is 17.5. The van der Waals surface area contributed by atoms with Crippen LogP contribution in [-0.4, -0.2) is 94.0 Å². The van der Waals surface area contributed by atoms with Crippen LogP contribution in [0.1, 0.15) is 0 Å². The van der Waals surface area contributed by atoms with Crippen molar-refractivity contribution in [2.75, 3.05) is 52.6 Å². The molecule has 2 aromatic carbocycles. The Bertz CT molecular complexity index is 1980. The van der Waals surface area contributed by atoms with Gasteiger partial charge in [0.2, 0.25) is 20.0 Å². The average molecular weight is 717 g/mol. The zero-order chi connectivity index (χ0) is 32.4. The van der Waals surface area contributed by atoms with E-state index in [-0.39, 0.29) is 26.7 Å². The Morgan fingerprint density at radius 3 is 1.62 bits per heavy atom. The maximum atomic E-state index is 12.8. The summed E-state index contributed by atoms with van der Waals surface area (Å²) in [4.78, 5) is 12.3. The number of benzene rings is 2. The molecule has 2 saturated heterocycles. The number of pyridine rings is 2. The Morgan fingerprint density at radius 2 is 1.13 bits per heavy atom. The molecule has 0 amide bonds. The van der Waals surface area contributed by atoms with Crippen LogP contribution in [0.2, 0.25) is 15.2 Å². The van der Waals surface area contributed by atoms with Crippen LogP contribution >= 0.6 is 34.8 Å². The van der Waals surface area contributed by atoms with Crippen molar-refractivity contribution < 1.29 is 26.3 Å². The Morgan fingerprint density at radius 1 is 0.689 bits per heavy atom. The molecule has 4 N–H and O–H groups in total. The van der Waals surface area contributed by atoms with Crippen molar-refractivity contribution in [3.8, 4) is 0 Å². The summed E-state index contributed by atoms with van der Waals surface area (Å²) in [5, 5.41) is 3.34. The molecule has 240 valence electrons. The third-order valence-corrected chi connectivity index (χ3v) is 11.7. The molecule has 2 aromatic heterocycles. The fourth-order valence-corrected chi connectivity index (χ4v) is 8.23. The number of fused-ring (bicyclic) bond motifs is 2. The smallest absolute Gasteiger partial charge is 0.243 e. The van der Waals surface area contributed by atoms with Crippen LogP contribution in [0.4, 0.5) is 5.82 Å². The minimum absolute atomic E-state index is 0.132. The van der Waals surface area contributed by atoms with E-state index in [0.717, 1.165) is 0 Å². The summed E-state index contributed by atoms with van der Waals surface area (Å²) in [6.45, 7) is 2.88. The number of halogens is 3. The fourth-order valence-electron chi connectivity index (χ4n) is 4.73. The predicted octanol–water partition coefficient (Wildman–Crippen LogP) is 3.38. The van der Waals surface area contributed by atoms with E-state index in [9.17, 15) is 16.8 Å². The lowest BCUT2D eigenvalue weighted by atomic mass is 10.1. The number of hydrogen-bond donors (Lipinski definition) is 2. The first kappa shape index (κ1) is 33.5. The second-order valence-electron chi connectivity index (χ2n) is 9.81. The van der Waals surface area contributed by atoms with E-state index in [1.54, 1.807) is 12.1 Å². The first-order valence-electron chi connectivity index (χ1n) is 13.5. The van der Waals surface area contributed by atoms with E-state index >= 15 is 0 Å². The van der Waals surface area contributed by atoms with E-state index in [1.807, 2.05) is 0 Å². The predicted molar refractivity (Wildman–Crippen MR) is 173 cm³/mol. The molecule has 2 aliphatic heterocycles. The number of nitrogens with zero attached hydrogens (tertiary/aromatic N) is 5. The van der Waals surface area contributed by atoms with Crippen LogP contribution in [0, 0.1) is 0 Å². The highest BCUT2D eigenvalue weighted by atomic mass is 35.5. The van der Waals surface area contributed by atoms with Gasteiger partial charge in [-0.3, -0.25) is 0 Å². The normalized spacial score (nSPS) is 16.7. The molecule has 0 aliphatic carbocycles. The number of hydrogen-bond acceptors (Lipinski definition) is 9. The number of nitrogens with two attached hydrogens (primary N) is 2. The number of sulfonamides is 2. The molecule has 4 heterocycles. The SMILES string of the molecule is NC(N)=Nc1ncc(Cl)c2ccc(S(=O)(=O)N3CCOCC3)cc12.O=S(=O)(c1ccc2c(Cl)cnc(Cl)c2c1)N1CCOCC1. The van der Waals surface area contributed by atoms with Crippen molar-refractivity contribution in [3.63, 3.8) is 0 Å². The van der Waals surface area contributed by atoms with E-state index in [2.05, 4.69) is 15.0 Å². The van der Waals surface area contributed by atoms with Crippen molar-refractivity contribution in [1.82, 2.24) is 18.6 Å². The highest BCUT2D eigenvalue weighted by Gasteiger charge is 2.28. The zero-order valence-electron chi connectivity index (χ0n) is 23.6. The zero-order valence-corrected chi connectivity index (χ0v) is 27.5. The minimum Gasteiger partial charge on any atom is -0.379 e. The van der Waals surface area contributed by atoms with Crippen molar-refractivity contribution >= 4 is 88.2 Å². The quantitative estimate of drug-likeness (QED) is 0.176. The first-order chi connectivity index (χ1) is 21.4. The molecular formula is C27H28Cl3N7O6S2. The van der Waals surface area contributed by atoms with Crippen LogP contribution in [0.5, 0.6) is 0 Å². The van der Waals surface area contributed by atoms with E-state index in [0.29, 0.717) is 84.2 Å².